The van der Waals surface area contributed by atoms with E-state index in [4.69, 9.17) is 14.6 Å². The van der Waals surface area contributed by atoms with Crippen LogP contribution in [0.4, 0.5) is 0 Å². The van der Waals surface area contributed by atoms with E-state index in [1.807, 2.05) is 60.2 Å². The molecule has 1 N–H and O–H groups in total. The van der Waals surface area contributed by atoms with Gasteiger partial charge in [-0.3, -0.25) is 4.79 Å². The minimum atomic E-state index is -1.04. The molecule has 3 aromatic rings. The number of aromatic nitrogens is 1. The molecular formula is C24H23NO5. The minimum absolute atomic E-state index is 0.0324. The van der Waals surface area contributed by atoms with Gasteiger partial charge in [-0.05, 0) is 37.3 Å². The first-order chi connectivity index (χ1) is 14.5. The van der Waals surface area contributed by atoms with Crippen LogP contribution in [-0.2, 0) is 11.3 Å². The van der Waals surface area contributed by atoms with Gasteiger partial charge in [-0.2, -0.15) is 0 Å². The molecule has 0 aliphatic heterocycles. The van der Waals surface area contributed by atoms with Gasteiger partial charge in [0.15, 0.2) is 6.61 Å². The number of carboxylic acids is 1. The van der Waals surface area contributed by atoms with Crippen molar-refractivity contribution in [3.05, 3.63) is 89.3 Å². The molecule has 2 aromatic carbocycles. The smallest absolute Gasteiger partial charge is 0.341 e. The molecule has 6 heteroatoms. The van der Waals surface area contributed by atoms with E-state index in [2.05, 4.69) is 0 Å². The summed E-state index contributed by atoms with van der Waals surface area (Å²) in [6, 6.07) is 16.2. The molecule has 0 spiro atoms. The third-order valence-electron chi connectivity index (χ3n) is 4.54. The normalized spacial score (nSPS) is 10.9. The van der Waals surface area contributed by atoms with E-state index in [1.165, 1.54) is 0 Å². The molecule has 154 valence electrons. The maximum absolute atomic E-state index is 12.8. The molecule has 0 saturated heterocycles. The molecule has 0 amide bonds. The highest BCUT2D eigenvalue weighted by molar-refractivity contribution is 6.08. The molecule has 0 radical (unpaired) electrons. The zero-order valence-corrected chi connectivity index (χ0v) is 16.9. The van der Waals surface area contributed by atoms with Gasteiger partial charge in [0, 0.05) is 23.9 Å². The summed E-state index contributed by atoms with van der Waals surface area (Å²) in [5, 5.41) is 8.76. The average Bonchev–Trinajstić information content (AvgIpc) is 3.21. The number of nitrogens with zero attached hydrogens (tertiary/aromatic N) is 1. The fraction of sp³-hybridized carbons (Fsp3) is 0.167. The number of carbonyl (C=O) groups excluding carboxylic acids is 1. The summed E-state index contributed by atoms with van der Waals surface area (Å²) >= 11 is 0. The topological polar surface area (TPSA) is 77.8 Å². The van der Waals surface area contributed by atoms with E-state index in [9.17, 15) is 9.59 Å². The van der Waals surface area contributed by atoms with Crippen molar-refractivity contribution in [3.8, 4) is 11.5 Å². The lowest BCUT2D eigenvalue weighted by molar-refractivity contribution is -0.139. The first-order valence-electron chi connectivity index (χ1n) is 9.43. The number of carbonyl (C=O) groups is 2. The third kappa shape index (κ3) is 5.17. The van der Waals surface area contributed by atoms with Gasteiger partial charge >= 0.3 is 5.97 Å². The minimum Gasteiger partial charge on any atom is -0.496 e. The standard InChI is InChI=1S/C24H23NO5/c1-17-7-9-18(10-8-17)24(28)21-6-4-14-25(21)13-3-5-19-15-20(30-16-23(26)27)11-12-22(19)29-2/h3-12,14-15H,13,16H2,1-2H3,(H,26,27)/b5-3+. The zero-order chi connectivity index (χ0) is 21.5. The highest BCUT2D eigenvalue weighted by Crippen LogP contribution is 2.25. The molecule has 0 atom stereocenters. The Bertz CT molecular complexity index is 1060. The number of aryl methyl sites for hydroxylation is 1. The molecule has 30 heavy (non-hydrogen) atoms. The van der Waals surface area contributed by atoms with E-state index in [0.717, 1.165) is 11.1 Å². The Morgan fingerprint density at radius 1 is 1.10 bits per heavy atom. The number of aliphatic carboxylic acids is 1. The predicted molar refractivity (Wildman–Crippen MR) is 114 cm³/mol. The van der Waals surface area contributed by atoms with Gasteiger partial charge < -0.3 is 19.1 Å². The van der Waals surface area contributed by atoms with E-state index in [0.29, 0.717) is 29.3 Å². The Balaban J connectivity index is 1.75. The van der Waals surface area contributed by atoms with E-state index >= 15 is 0 Å². The summed E-state index contributed by atoms with van der Waals surface area (Å²) in [7, 11) is 1.56. The van der Waals surface area contributed by atoms with Crippen LogP contribution in [-0.4, -0.2) is 35.1 Å². The van der Waals surface area contributed by atoms with Gasteiger partial charge in [-0.1, -0.05) is 42.0 Å². The lowest BCUT2D eigenvalue weighted by atomic mass is 10.1. The van der Waals surface area contributed by atoms with Gasteiger partial charge in [0.05, 0.1) is 12.8 Å². The van der Waals surface area contributed by atoms with Crippen LogP contribution in [0.15, 0.2) is 66.9 Å². The van der Waals surface area contributed by atoms with Crippen LogP contribution in [0.3, 0.4) is 0 Å². The zero-order valence-electron chi connectivity index (χ0n) is 16.9. The van der Waals surface area contributed by atoms with Crippen molar-refractivity contribution < 1.29 is 24.2 Å². The van der Waals surface area contributed by atoms with Gasteiger partial charge in [-0.25, -0.2) is 4.79 Å². The second-order valence-corrected chi connectivity index (χ2v) is 6.73. The van der Waals surface area contributed by atoms with Crippen molar-refractivity contribution in [1.82, 2.24) is 4.57 Å². The Kier molecular flexibility index (Phi) is 6.70. The van der Waals surface area contributed by atoms with Crippen molar-refractivity contribution in [3.63, 3.8) is 0 Å². The van der Waals surface area contributed by atoms with Gasteiger partial charge in [0.1, 0.15) is 11.5 Å². The van der Waals surface area contributed by atoms with Gasteiger partial charge in [0.25, 0.3) is 0 Å². The van der Waals surface area contributed by atoms with Crippen LogP contribution in [0.1, 0.15) is 27.2 Å². The summed E-state index contributed by atoms with van der Waals surface area (Å²) in [5.41, 5.74) is 3.11. The number of ether oxygens (including phenoxy) is 2. The average molecular weight is 405 g/mol. The lowest BCUT2D eigenvalue weighted by Crippen LogP contribution is -2.09. The van der Waals surface area contributed by atoms with Crippen LogP contribution in [0.5, 0.6) is 11.5 Å². The number of methoxy groups -OCH3 is 1. The van der Waals surface area contributed by atoms with Crippen molar-refractivity contribution in [2.45, 2.75) is 13.5 Å². The largest absolute Gasteiger partial charge is 0.496 e. The highest BCUT2D eigenvalue weighted by Gasteiger charge is 2.12. The highest BCUT2D eigenvalue weighted by atomic mass is 16.5. The molecule has 0 bridgehead atoms. The fourth-order valence-electron chi connectivity index (χ4n) is 3.00. The first kappa shape index (κ1) is 20.9. The summed E-state index contributed by atoms with van der Waals surface area (Å²) < 4.78 is 12.5. The van der Waals surface area contributed by atoms with Crippen molar-refractivity contribution in [2.24, 2.45) is 0 Å². The Labute approximate surface area is 175 Å². The predicted octanol–water partition coefficient (Wildman–Crippen LogP) is 4.21. The molecule has 1 aromatic heterocycles. The Hall–Kier alpha value is -3.80. The number of hydrogen-bond donors (Lipinski definition) is 1. The SMILES string of the molecule is COc1ccc(OCC(=O)O)cc1/C=C/Cn1cccc1C(=O)c1ccc(C)cc1. The molecule has 0 unspecified atom stereocenters. The van der Waals surface area contributed by atoms with Crippen LogP contribution < -0.4 is 9.47 Å². The molecule has 0 aliphatic carbocycles. The number of benzene rings is 2. The summed E-state index contributed by atoms with van der Waals surface area (Å²) in [5.74, 6) is 0.00257. The second kappa shape index (κ2) is 9.60. The molecule has 0 saturated carbocycles. The third-order valence-corrected chi connectivity index (χ3v) is 4.54. The lowest BCUT2D eigenvalue weighted by Gasteiger charge is -2.09. The number of hydrogen-bond acceptors (Lipinski definition) is 4. The molecule has 6 nitrogen and oxygen atoms in total. The van der Waals surface area contributed by atoms with Crippen molar-refractivity contribution >= 4 is 17.8 Å². The van der Waals surface area contributed by atoms with Gasteiger partial charge in [-0.15, -0.1) is 0 Å². The molecule has 0 fully saturated rings. The molecular weight excluding hydrogens is 382 g/mol. The fourth-order valence-corrected chi connectivity index (χ4v) is 3.00. The number of ketones is 1. The monoisotopic (exact) mass is 405 g/mol. The number of allylic oxidation sites excluding steroid dienone is 1. The first-order valence-corrected chi connectivity index (χ1v) is 9.43. The Morgan fingerprint density at radius 2 is 1.87 bits per heavy atom. The molecule has 3 rings (SSSR count). The van der Waals surface area contributed by atoms with Crippen molar-refractivity contribution in [2.75, 3.05) is 13.7 Å². The van der Waals surface area contributed by atoms with Crippen LogP contribution >= 0.6 is 0 Å². The molecule has 0 aliphatic rings. The van der Waals surface area contributed by atoms with Gasteiger partial charge in [0.2, 0.25) is 5.78 Å². The van der Waals surface area contributed by atoms with Crippen LogP contribution in [0.25, 0.3) is 6.08 Å². The number of rotatable bonds is 9. The van der Waals surface area contributed by atoms with E-state index < -0.39 is 12.6 Å². The number of carboxylic acid groups (broad SMARTS) is 1. The summed E-state index contributed by atoms with van der Waals surface area (Å²) in [4.78, 5) is 23.5. The van der Waals surface area contributed by atoms with Crippen LogP contribution in [0, 0.1) is 6.92 Å². The maximum Gasteiger partial charge on any atom is 0.341 e. The van der Waals surface area contributed by atoms with Crippen LogP contribution in [0.2, 0.25) is 0 Å². The maximum atomic E-state index is 12.8. The summed E-state index contributed by atoms with van der Waals surface area (Å²) in [6.07, 6.45) is 5.62. The van der Waals surface area contributed by atoms with E-state index in [1.54, 1.807) is 31.4 Å². The summed E-state index contributed by atoms with van der Waals surface area (Å²) in [6.45, 7) is 2.06. The molecule has 1 heterocycles. The van der Waals surface area contributed by atoms with Crippen molar-refractivity contribution in [1.29, 1.82) is 0 Å². The van der Waals surface area contributed by atoms with E-state index in [-0.39, 0.29) is 5.78 Å². The second-order valence-electron chi connectivity index (χ2n) is 6.73. The quantitative estimate of drug-likeness (QED) is 0.540. The Morgan fingerprint density at radius 3 is 2.57 bits per heavy atom.